The van der Waals surface area contributed by atoms with Crippen molar-refractivity contribution in [3.05, 3.63) is 108 Å². The number of nitrogens with zero attached hydrogens (tertiary/aromatic N) is 4. The highest BCUT2D eigenvalue weighted by atomic mass is 16.6. The minimum Gasteiger partial charge on any atom is -0.445 e. The van der Waals surface area contributed by atoms with Gasteiger partial charge in [-0.2, -0.15) is 0 Å². The molecular formula is C39H42N6O4. The summed E-state index contributed by atoms with van der Waals surface area (Å²) in [5, 5.41) is 0. The zero-order valence-electron chi connectivity index (χ0n) is 28.2. The molecule has 0 bridgehead atoms. The largest absolute Gasteiger partial charge is 0.445 e. The van der Waals surface area contributed by atoms with Crippen molar-refractivity contribution in [2.75, 3.05) is 13.1 Å². The fraction of sp³-hybridized carbons (Fsp3) is 0.333. The zero-order valence-corrected chi connectivity index (χ0v) is 28.2. The molecule has 10 heteroatoms. The summed E-state index contributed by atoms with van der Waals surface area (Å²) in [6.07, 6.45) is 6.57. The van der Waals surface area contributed by atoms with Crippen molar-refractivity contribution in [1.29, 1.82) is 0 Å². The Morgan fingerprint density at radius 2 is 1.16 bits per heavy atom. The Morgan fingerprint density at radius 1 is 0.694 bits per heavy atom. The Hall–Kier alpha value is -5.38. The number of aromatic nitrogens is 4. The van der Waals surface area contributed by atoms with Crippen LogP contribution in [-0.2, 0) is 16.1 Å². The molecular weight excluding hydrogens is 616 g/mol. The summed E-state index contributed by atoms with van der Waals surface area (Å²) in [6.45, 7) is 7.21. The molecule has 5 aromatic rings. The first-order chi connectivity index (χ1) is 23.7. The van der Waals surface area contributed by atoms with E-state index >= 15 is 0 Å². The van der Waals surface area contributed by atoms with E-state index in [4.69, 9.17) is 9.47 Å². The molecule has 2 N–H and O–H groups in total. The summed E-state index contributed by atoms with van der Waals surface area (Å²) < 4.78 is 11.2. The van der Waals surface area contributed by atoms with Crippen LogP contribution in [-0.4, -0.2) is 60.6 Å². The first kappa shape index (κ1) is 32.2. The van der Waals surface area contributed by atoms with Gasteiger partial charge in [-0.05, 0) is 74.3 Å². The number of imidazole rings is 2. The van der Waals surface area contributed by atoms with Gasteiger partial charge in [0.15, 0.2) is 0 Å². The molecule has 7 rings (SSSR count). The van der Waals surface area contributed by atoms with E-state index in [1.54, 1.807) is 9.80 Å². The number of aromatic amines is 2. The number of likely N-dealkylation sites (tertiary alicyclic amines) is 2. The fourth-order valence-corrected chi connectivity index (χ4v) is 6.65. The van der Waals surface area contributed by atoms with Crippen LogP contribution < -0.4 is 0 Å². The Morgan fingerprint density at radius 3 is 1.65 bits per heavy atom. The lowest BCUT2D eigenvalue weighted by molar-refractivity contribution is 0.0218. The topological polar surface area (TPSA) is 116 Å². The second kappa shape index (κ2) is 13.6. The van der Waals surface area contributed by atoms with E-state index < -0.39 is 5.60 Å². The SMILES string of the molecule is CC(C)(C)OC(=O)N1CCC[C@H]1c1ncc(-c2ccc(-c3ccc(-c4cnc([C@@H]5CCCN5C(=O)OCc5ccccc5)[nH]4)cc3)cc2)[nH]1. The maximum atomic E-state index is 12.9. The van der Waals surface area contributed by atoms with Crippen molar-refractivity contribution in [2.24, 2.45) is 0 Å². The number of hydrogen-bond acceptors (Lipinski definition) is 6. The van der Waals surface area contributed by atoms with Crippen LogP contribution in [0.4, 0.5) is 9.59 Å². The molecule has 2 aromatic heterocycles. The molecule has 10 nitrogen and oxygen atoms in total. The number of benzene rings is 3. The van der Waals surface area contributed by atoms with Crippen molar-refractivity contribution in [3.8, 4) is 33.6 Å². The highest BCUT2D eigenvalue weighted by Crippen LogP contribution is 2.35. The second-order valence-corrected chi connectivity index (χ2v) is 13.7. The van der Waals surface area contributed by atoms with Crippen LogP contribution in [0.2, 0.25) is 0 Å². The van der Waals surface area contributed by atoms with Crippen molar-refractivity contribution >= 4 is 12.2 Å². The second-order valence-electron chi connectivity index (χ2n) is 13.7. The van der Waals surface area contributed by atoms with Gasteiger partial charge in [-0.15, -0.1) is 0 Å². The molecule has 2 atom stereocenters. The highest BCUT2D eigenvalue weighted by Gasteiger charge is 2.35. The maximum absolute atomic E-state index is 12.9. The van der Waals surface area contributed by atoms with E-state index in [-0.39, 0.29) is 30.9 Å². The minimum atomic E-state index is -0.539. The van der Waals surface area contributed by atoms with Gasteiger partial charge in [-0.1, -0.05) is 78.9 Å². The van der Waals surface area contributed by atoms with E-state index in [0.717, 1.165) is 76.5 Å². The summed E-state index contributed by atoms with van der Waals surface area (Å²) in [7, 11) is 0. The number of ether oxygens (including phenoxy) is 2. The van der Waals surface area contributed by atoms with Crippen LogP contribution in [0.25, 0.3) is 33.6 Å². The molecule has 4 heterocycles. The molecule has 2 aliphatic rings. The lowest BCUT2D eigenvalue weighted by Gasteiger charge is -2.27. The van der Waals surface area contributed by atoms with Crippen LogP contribution in [0, 0.1) is 0 Å². The van der Waals surface area contributed by atoms with Crippen molar-refractivity contribution in [1.82, 2.24) is 29.7 Å². The third kappa shape index (κ3) is 7.23. The molecule has 2 aliphatic heterocycles. The van der Waals surface area contributed by atoms with Gasteiger partial charge < -0.3 is 19.4 Å². The molecule has 2 amide bonds. The van der Waals surface area contributed by atoms with E-state index in [0.29, 0.717) is 13.1 Å². The minimum absolute atomic E-state index is 0.120. The van der Waals surface area contributed by atoms with Gasteiger partial charge in [-0.25, -0.2) is 19.6 Å². The third-order valence-electron chi connectivity index (χ3n) is 9.12. The standard InChI is InChI=1S/C39H42N6O4/c1-39(2,3)49-38(47)45-22-8-12-34(45)36-41-24-32(43-36)30-19-15-28(16-20-30)27-13-17-29(18-14-27)31-23-40-35(42-31)33-11-7-21-44(33)37(46)48-25-26-9-5-4-6-10-26/h4-6,9-10,13-20,23-24,33-34H,7-8,11-12,21-22,25H2,1-3H3,(H,40,42)(H,41,43)/t33-,34-/m0/s1. The van der Waals surface area contributed by atoms with E-state index in [1.165, 1.54) is 0 Å². The normalized spacial score (nSPS) is 17.8. The summed E-state index contributed by atoms with van der Waals surface area (Å²) >= 11 is 0. The maximum Gasteiger partial charge on any atom is 0.410 e. The molecule has 0 aliphatic carbocycles. The smallest absolute Gasteiger partial charge is 0.410 e. The van der Waals surface area contributed by atoms with Crippen LogP contribution in [0.15, 0.2) is 91.3 Å². The molecule has 2 saturated heterocycles. The summed E-state index contributed by atoms with van der Waals surface area (Å²) in [4.78, 5) is 45.5. The first-order valence-corrected chi connectivity index (χ1v) is 17.0. The van der Waals surface area contributed by atoms with Crippen LogP contribution in [0.3, 0.4) is 0 Å². The monoisotopic (exact) mass is 658 g/mol. The van der Waals surface area contributed by atoms with Crippen LogP contribution >= 0.6 is 0 Å². The summed E-state index contributed by atoms with van der Waals surface area (Å²) in [5.74, 6) is 1.56. The zero-order chi connectivity index (χ0) is 34.0. The van der Waals surface area contributed by atoms with Crippen molar-refractivity contribution in [2.45, 2.75) is 70.7 Å². The van der Waals surface area contributed by atoms with E-state index in [2.05, 4.69) is 68.5 Å². The fourth-order valence-electron chi connectivity index (χ4n) is 6.65. The molecule has 0 saturated carbocycles. The molecule has 0 unspecified atom stereocenters. The predicted octanol–water partition coefficient (Wildman–Crippen LogP) is 8.68. The van der Waals surface area contributed by atoms with E-state index in [1.807, 2.05) is 63.5 Å². The average molecular weight is 659 g/mol. The van der Waals surface area contributed by atoms with Crippen LogP contribution in [0.5, 0.6) is 0 Å². The number of amides is 2. The number of H-pyrrole nitrogens is 2. The average Bonchev–Trinajstić information content (AvgIpc) is 3.93. The highest BCUT2D eigenvalue weighted by molar-refractivity contribution is 5.72. The van der Waals surface area contributed by atoms with Crippen molar-refractivity contribution < 1.29 is 19.1 Å². The molecule has 0 spiro atoms. The number of carbonyl (C=O) groups is 2. The Labute approximate surface area is 286 Å². The molecule has 2 fully saturated rings. The number of rotatable bonds is 7. The molecule has 252 valence electrons. The molecule has 3 aromatic carbocycles. The summed E-state index contributed by atoms with van der Waals surface area (Å²) in [5.41, 5.74) is 6.49. The lowest BCUT2D eigenvalue weighted by Crippen LogP contribution is -2.36. The number of carbonyl (C=O) groups excluding carboxylic acids is 2. The number of hydrogen-bond donors (Lipinski definition) is 2. The Balaban J connectivity index is 0.982. The summed E-state index contributed by atoms with van der Waals surface area (Å²) in [6, 6.07) is 26.2. The molecule has 49 heavy (non-hydrogen) atoms. The van der Waals surface area contributed by atoms with Gasteiger partial charge in [0, 0.05) is 13.1 Å². The quantitative estimate of drug-likeness (QED) is 0.181. The first-order valence-electron chi connectivity index (χ1n) is 17.0. The van der Waals surface area contributed by atoms with Gasteiger partial charge >= 0.3 is 12.2 Å². The van der Waals surface area contributed by atoms with Crippen molar-refractivity contribution in [3.63, 3.8) is 0 Å². The Kier molecular flexibility index (Phi) is 8.95. The Bertz CT molecular complexity index is 1890. The van der Waals surface area contributed by atoms with Gasteiger partial charge in [0.05, 0.1) is 35.9 Å². The van der Waals surface area contributed by atoms with Crippen LogP contribution in [0.1, 0.15) is 75.8 Å². The van der Waals surface area contributed by atoms with E-state index in [9.17, 15) is 9.59 Å². The van der Waals surface area contributed by atoms with Gasteiger partial charge in [-0.3, -0.25) is 9.80 Å². The number of nitrogens with one attached hydrogen (secondary N) is 2. The van der Waals surface area contributed by atoms with Gasteiger partial charge in [0.1, 0.15) is 23.9 Å². The predicted molar refractivity (Wildman–Crippen MR) is 187 cm³/mol. The third-order valence-corrected chi connectivity index (χ3v) is 9.12. The molecule has 0 radical (unpaired) electrons. The van der Waals surface area contributed by atoms with Gasteiger partial charge in [0.2, 0.25) is 0 Å². The lowest BCUT2D eigenvalue weighted by atomic mass is 10.0. The van der Waals surface area contributed by atoms with Gasteiger partial charge in [0.25, 0.3) is 0 Å².